The highest BCUT2D eigenvalue weighted by Crippen LogP contribution is 2.25. The number of alkyl halides is 2. The van der Waals surface area contributed by atoms with E-state index in [4.69, 9.17) is 4.74 Å². The van der Waals surface area contributed by atoms with E-state index in [-0.39, 0.29) is 5.82 Å². The summed E-state index contributed by atoms with van der Waals surface area (Å²) in [6.45, 7) is 0.616. The molecule has 0 amide bonds. The van der Waals surface area contributed by atoms with Crippen LogP contribution in [0.15, 0.2) is 30.5 Å². The summed E-state index contributed by atoms with van der Waals surface area (Å²) < 4.78 is 19.3. The Morgan fingerprint density at radius 1 is 1.32 bits per heavy atom. The maximum Gasteiger partial charge on any atom is 0.149 e. The minimum absolute atomic E-state index is 0.317. The van der Waals surface area contributed by atoms with Crippen LogP contribution in [0.25, 0.3) is 10.9 Å². The first-order valence-electron chi connectivity index (χ1n) is 6.08. The van der Waals surface area contributed by atoms with Crippen LogP contribution in [0.2, 0.25) is 0 Å². The van der Waals surface area contributed by atoms with Crippen molar-refractivity contribution in [2.45, 2.75) is 17.7 Å². The summed E-state index contributed by atoms with van der Waals surface area (Å²) in [5, 5.41) is 1.65. The van der Waals surface area contributed by atoms with E-state index in [1.165, 1.54) is 6.07 Å². The number of hydrogen-bond donors (Lipinski definition) is 0. The van der Waals surface area contributed by atoms with Crippen molar-refractivity contribution in [2.24, 2.45) is 0 Å². The summed E-state index contributed by atoms with van der Waals surface area (Å²) in [6.07, 6.45) is 3.55. The molecule has 1 aromatic heterocycles. The SMILES string of the molecule is Fc1cccc2c(OCCCC(Br)CBr)ccnc12. The second kappa shape index (κ2) is 7.20. The summed E-state index contributed by atoms with van der Waals surface area (Å²) in [7, 11) is 0. The van der Waals surface area contributed by atoms with Gasteiger partial charge in [-0.05, 0) is 31.0 Å². The van der Waals surface area contributed by atoms with E-state index in [9.17, 15) is 4.39 Å². The maximum atomic E-state index is 13.6. The lowest BCUT2D eigenvalue weighted by Gasteiger charge is -2.10. The summed E-state index contributed by atoms with van der Waals surface area (Å²) in [5.74, 6) is 0.372. The van der Waals surface area contributed by atoms with Crippen molar-refractivity contribution in [1.82, 2.24) is 4.98 Å². The van der Waals surface area contributed by atoms with Crippen LogP contribution in [0.4, 0.5) is 4.39 Å². The molecule has 1 heterocycles. The summed E-state index contributed by atoms with van der Waals surface area (Å²) in [5.41, 5.74) is 0.360. The monoisotopic (exact) mass is 389 g/mol. The number of nitrogens with zero attached hydrogens (tertiary/aromatic N) is 1. The number of fused-ring (bicyclic) bond motifs is 1. The number of halogens is 3. The molecule has 2 rings (SSSR count). The summed E-state index contributed by atoms with van der Waals surface area (Å²) in [4.78, 5) is 4.50. The minimum atomic E-state index is -0.317. The lowest BCUT2D eigenvalue weighted by Crippen LogP contribution is -2.04. The average molecular weight is 391 g/mol. The Labute approximate surface area is 128 Å². The van der Waals surface area contributed by atoms with Crippen molar-refractivity contribution in [1.29, 1.82) is 0 Å². The normalized spacial score (nSPS) is 12.6. The molecule has 2 nitrogen and oxygen atoms in total. The molecular weight excluding hydrogens is 377 g/mol. The topological polar surface area (TPSA) is 22.1 Å². The Morgan fingerprint density at radius 3 is 2.95 bits per heavy atom. The van der Waals surface area contributed by atoms with Gasteiger partial charge >= 0.3 is 0 Å². The Morgan fingerprint density at radius 2 is 2.16 bits per heavy atom. The smallest absolute Gasteiger partial charge is 0.149 e. The fourth-order valence-corrected chi connectivity index (χ4v) is 2.45. The predicted octanol–water partition coefficient (Wildman–Crippen LogP) is 4.69. The molecular formula is C14H14Br2FNO. The Hall–Kier alpha value is -0.680. The van der Waals surface area contributed by atoms with E-state index in [1.54, 1.807) is 18.3 Å². The lowest BCUT2D eigenvalue weighted by molar-refractivity contribution is 0.310. The second-order valence-electron chi connectivity index (χ2n) is 4.19. The van der Waals surface area contributed by atoms with Crippen molar-refractivity contribution >= 4 is 42.8 Å². The number of ether oxygens (including phenoxy) is 1. The zero-order valence-corrected chi connectivity index (χ0v) is 13.5. The zero-order chi connectivity index (χ0) is 13.7. The molecule has 0 bridgehead atoms. The van der Waals surface area contributed by atoms with Crippen molar-refractivity contribution in [3.63, 3.8) is 0 Å². The maximum absolute atomic E-state index is 13.6. The first-order chi connectivity index (χ1) is 9.22. The first-order valence-corrected chi connectivity index (χ1v) is 8.12. The van der Waals surface area contributed by atoms with E-state index in [1.807, 2.05) is 6.07 Å². The Bertz CT molecular complexity index is 550. The van der Waals surface area contributed by atoms with Crippen LogP contribution in [0.1, 0.15) is 12.8 Å². The zero-order valence-electron chi connectivity index (χ0n) is 10.3. The Kier molecular flexibility index (Phi) is 5.58. The summed E-state index contributed by atoms with van der Waals surface area (Å²) in [6, 6.07) is 6.68. The molecule has 1 atom stereocenters. The molecule has 2 aromatic rings. The number of rotatable bonds is 6. The van der Waals surface area contributed by atoms with Gasteiger partial charge in [-0.25, -0.2) is 4.39 Å². The van der Waals surface area contributed by atoms with Gasteiger partial charge in [0.05, 0.1) is 6.61 Å². The van der Waals surface area contributed by atoms with Gasteiger partial charge in [-0.2, -0.15) is 0 Å². The van der Waals surface area contributed by atoms with E-state index in [2.05, 4.69) is 36.8 Å². The van der Waals surface area contributed by atoms with Crippen LogP contribution in [-0.4, -0.2) is 21.7 Å². The van der Waals surface area contributed by atoms with Gasteiger partial charge in [-0.3, -0.25) is 4.98 Å². The highest BCUT2D eigenvalue weighted by Gasteiger charge is 2.07. The fraction of sp³-hybridized carbons (Fsp3) is 0.357. The highest BCUT2D eigenvalue weighted by atomic mass is 79.9. The number of aromatic nitrogens is 1. The van der Waals surface area contributed by atoms with Gasteiger partial charge < -0.3 is 4.74 Å². The molecule has 5 heteroatoms. The van der Waals surface area contributed by atoms with Gasteiger partial charge in [0.1, 0.15) is 17.1 Å². The van der Waals surface area contributed by atoms with E-state index in [0.717, 1.165) is 23.6 Å². The third-order valence-electron chi connectivity index (χ3n) is 2.77. The van der Waals surface area contributed by atoms with Crippen molar-refractivity contribution in [2.75, 3.05) is 11.9 Å². The molecule has 0 aliphatic heterocycles. The molecule has 0 fully saturated rings. The van der Waals surface area contributed by atoms with Crippen LogP contribution >= 0.6 is 31.9 Å². The quantitative estimate of drug-likeness (QED) is 0.527. The molecule has 102 valence electrons. The number of para-hydroxylation sites is 1. The Balaban J connectivity index is 2.03. The van der Waals surface area contributed by atoms with Gasteiger partial charge in [-0.1, -0.05) is 37.9 Å². The molecule has 0 saturated heterocycles. The van der Waals surface area contributed by atoms with Gasteiger partial charge in [0.15, 0.2) is 0 Å². The minimum Gasteiger partial charge on any atom is -0.493 e. The van der Waals surface area contributed by atoms with Crippen molar-refractivity contribution in [3.05, 3.63) is 36.3 Å². The predicted molar refractivity (Wildman–Crippen MR) is 82.9 cm³/mol. The van der Waals surface area contributed by atoms with Crippen molar-refractivity contribution < 1.29 is 9.13 Å². The molecule has 1 aromatic carbocycles. The van der Waals surface area contributed by atoms with Crippen LogP contribution in [-0.2, 0) is 0 Å². The van der Waals surface area contributed by atoms with E-state index in [0.29, 0.717) is 22.7 Å². The van der Waals surface area contributed by atoms with Crippen LogP contribution < -0.4 is 4.74 Å². The molecule has 0 aliphatic carbocycles. The molecule has 0 spiro atoms. The summed E-state index contributed by atoms with van der Waals surface area (Å²) >= 11 is 6.97. The number of benzene rings is 1. The second-order valence-corrected chi connectivity index (χ2v) is 6.13. The third kappa shape index (κ3) is 3.89. The molecule has 1 unspecified atom stereocenters. The van der Waals surface area contributed by atoms with Gasteiger partial charge in [0, 0.05) is 21.7 Å². The van der Waals surface area contributed by atoms with Gasteiger partial charge in [0.2, 0.25) is 0 Å². The van der Waals surface area contributed by atoms with E-state index < -0.39 is 0 Å². The molecule has 0 N–H and O–H groups in total. The first kappa shape index (κ1) is 14.7. The largest absolute Gasteiger partial charge is 0.493 e. The number of hydrogen-bond acceptors (Lipinski definition) is 2. The average Bonchev–Trinajstić information content (AvgIpc) is 2.44. The standard InChI is InChI=1S/C14H14Br2FNO/c15-9-10(16)3-2-8-19-13-6-7-18-14-11(13)4-1-5-12(14)17/h1,4-7,10H,2-3,8-9H2. The van der Waals surface area contributed by atoms with Crippen LogP contribution in [0.5, 0.6) is 5.75 Å². The van der Waals surface area contributed by atoms with Crippen LogP contribution in [0, 0.1) is 5.82 Å². The van der Waals surface area contributed by atoms with E-state index >= 15 is 0 Å². The molecule has 19 heavy (non-hydrogen) atoms. The molecule has 0 aliphatic rings. The third-order valence-corrected chi connectivity index (χ3v) is 5.20. The highest BCUT2D eigenvalue weighted by molar-refractivity contribution is 9.12. The van der Waals surface area contributed by atoms with Gasteiger partial charge in [-0.15, -0.1) is 0 Å². The fourth-order valence-electron chi connectivity index (χ4n) is 1.80. The number of pyridine rings is 1. The molecule has 0 saturated carbocycles. The molecule has 0 radical (unpaired) electrons. The lowest BCUT2D eigenvalue weighted by atomic mass is 10.2. The van der Waals surface area contributed by atoms with Gasteiger partial charge in [0.25, 0.3) is 0 Å². The van der Waals surface area contributed by atoms with Crippen molar-refractivity contribution in [3.8, 4) is 5.75 Å². The van der Waals surface area contributed by atoms with Crippen LogP contribution in [0.3, 0.4) is 0 Å².